The van der Waals surface area contributed by atoms with Crippen LogP contribution in [-0.4, -0.2) is 59.8 Å². The van der Waals surface area contributed by atoms with Crippen molar-refractivity contribution in [3.63, 3.8) is 0 Å². The fourth-order valence-corrected chi connectivity index (χ4v) is 2.23. The van der Waals surface area contributed by atoms with Crippen LogP contribution in [-0.2, 0) is 16.1 Å². The molecule has 1 aromatic rings. The number of urea groups is 1. The number of amides is 2. The van der Waals surface area contributed by atoms with Crippen molar-refractivity contribution in [1.29, 1.82) is 0 Å². The van der Waals surface area contributed by atoms with Gasteiger partial charge in [-0.1, -0.05) is 12.1 Å². The Morgan fingerprint density at radius 1 is 1.52 bits per heavy atom. The first-order valence-corrected chi connectivity index (χ1v) is 6.56. The molecule has 0 radical (unpaired) electrons. The summed E-state index contributed by atoms with van der Waals surface area (Å²) in [5.41, 5.74) is 0.644. The minimum Gasteiger partial charge on any atom is -0.480 e. The van der Waals surface area contributed by atoms with Crippen molar-refractivity contribution in [3.05, 3.63) is 35.6 Å². The van der Waals surface area contributed by atoms with Crippen LogP contribution in [0, 0.1) is 5.82 Å². The monoisotopic (exact) mass is 296 g/mol. The summed E-state index contributed by atoms with van der Waals surface area (Å²) in [4.78, 5) is 26.1. The molecule has 0 spiro atoms. The summed E-state index contributed by atoms with van der Waals surface area (Å²) in [7, 11) is 1.56. The van der Waals surface area contributed by atoms with E-state index in [-0.39, 0.29) is 25.5 Å². The van der Waals surface area contributed by atoms with Gasteiger partial charge in [0.15, 0.2) is 6.04 Å². The second kappa shape index (κ2) is 6.53. The van der Waals surface area contributed by atoms with Crippen LogP contribution in [0.15, 0.2) is 24.3 Å². The van der Waals surface area contributed by atoms with Gasteiger partial charge in [0.2, 0.25) is 0 Å². The topological polar surface area (TPSA) is 70.1 Å². The third kappa shape index (κ3) is 3.69. The Morgan fingerprint density at radius 2 is 2.29 bits per heavy atom. The molecule has 0 aliphatic carbocycles. The van der Waals surface area contributed by atoms with E-state index in [9.17, 15) is 14.0 Å². The number of morpholine rings is 1. The fraction of sp³-hybridized carbons (Fsp3) is 0.429. The number of rotatable bonds is 3. The molecule has 1 atom stereocenters. The van der Waals surface area contributed by atoms with E-state index in [0.29, 0.717) is 12.2 Å². The van der Waals surface area contributed by atoms with Crippen LogP contribution in [0.4, 0.5) is 9.18 Å². The van der Waals surface area contributed by atoms with Gasteiger partial charge in [-0.25, -0.2) is 14.0 Å². The van der Waals surface area contributed by atoms with Crippen LogP contribution in [0.25, 0.3) is 0 Å². The first-order chi connectivity index (χ1) is 9.99. The molecule has 0 saturated carbocycles. The Hall–Kier alpha value is -2.15. The maximum atomic E-state index is 13.1. The predicted octanol–water partition coefficient (Wildman–Crippen LogP) is 1.16. The van der Waals surface area contributed by atoms with Crippen LogP contribution in [0.1, 0.15) is 5.56 Å². The van der Waals surface area contributed by atoms with Gasteiger partial charge in [-0.15, -0.1) is 0 Å². The lowest BCUT2D eigenvalue weighted by atomic mass is 10.2. The molecule has 2 amide bonds. The van der Waals surface area contributed by atoms with Crippen molar-refractivity contribution in [1.82, 2.24) is 9.80 Å². The number of hydrogen-bond donors (Lipinski definition) is 1. The Kier molecular flexibility index (Phi) is 4.74. The maximum Gasteiger partial charge on any atom is 0.328 e. The molecule has 0 bridgehead atoms. The van der Waals surface area contributed by atoms with Crippen molar-refractivity contribution in [2.24, 2.45) is 0 Å². The second-order valence-electron chi connectivity index (χ2n) is 4.89. The Bertz CT molecular complexity index is 537. The van der Waals surface area contributed by atoms with Gasteiger partial charge in [-0.05, 0) is 17.7 Å². The average molecular weight is 296 g/mol. The van der Waals surface area contributed by atoms with Gasteiger partial charge < -0.3 is 19.6 Å². The van der Waals surface area contributed by atoms with E-state index in [0.717, 1.165) is 0 Å². The number of carbonyl (C=O) groups is 2. The summed E-state index contributed by atoms with van der Waals surface area (Å²) in [6.45, 7) is 0.724. The van der Waals surface area contributed by atoms with Crippen molar-refractivity contribution >= 4 is 12.0 Å². The molecule has 1 aliphatic heterocycles. The summed E-state index contributed by atoms with van der Waals surface area (Å²) in [5.74, 6) is -1.47. The van der Waals surface area contributed by atoms with Crippen molar-refractivity contribution in [2.75, 3.05) is 26.8 Å². The van der Waals surface area contributed by atoms with E-state index in [2.05, 4.69) is 0 Å². The van der Waals surface area contributed by atoms with Crippen LogP contribution >= 0.6 is 0 Å². The number of carboxylic acid groups (broad SMARTS) is 1. The lowest BCUT2D eigenvalue weighted by Gasteiger charge is -2.35. The lowest BCUT2D eigenvalue weighted by molar-refractivity contribution is -0.147. The summed E-state index contributed by atoms with van der Waals surface area (Å²) < 4.78 is 18.2. The molecule has 1 saturated heterocycles. The quantitative estimate of drug-likeness (QED) is 0.909. The van der Waals surface area contributed by atoms with E-state index < -0.39 is 18.0 Å². The SMILES string of the molecule is CN(Cc1cccc(F)c1)C(=O)N1CCOCC1C(=O)O. The number of nitrogens with zero attached hydrogens (tertiary/aromatic N) is 2. The zero-order valence-electron chi connectivity index (χ0n) is 11.7. The third-order valence-electron chi connectivity index (χ3n) is 3.29. The van der Waals surface area contributed by atoms with Crippen LogP contribution in [0.3, 0.4) is 0 Å². The lowest BCUT2D eigenvalue weighted by Crippen LogP contribution is -2.55. The number of ether oxygens (including phenoxy) is 1. The summed E-state index contributed by atoms with van der Waals surface area (Å²) >= 11 is 0. The first kappa shape index (κ1) is 15.2. The van der Waals surface area contributed by atoms with E-state index in [1.807, 2.05) is 0 Å². The zero-order chi connectivity index (χ0) is 15.4. The normalized spacial score (nSPS) is 18.4. The standard InChI is InChI=1S/C14H17FN2O4/c1-16(8-10-3-2-4-11(15)7-10)14(20)17-5-6-21-9-12(17)13(18)19/h2-4,7,12H,5-6,8-9H2,1H3,(H,18,19). The highest BCUT2D eigenvalue weighted by atomic mass is 19.1. The highest BCUT2D eigenvalue weighted by Gasteiger charge is 2.34. The molecular weight excluding hydrogens is 279 g/mol. The van der Waals surface area contributed by atoms with Crippen molar-refractivity contribution in [2.45, 2.75) is 12.6 Å². The minimum atomic E-state index is -1.10. The number of benzene rings is 1. The van der Waals surface area contributed by atoms with Gasteiger partial charge in [0.1, 0.15) is 5.82 Å². The molecule has 1 aromatic carbocycles. The summed E-state index contributed by atoms with van der Waals surface area (Å²) in [6, 6.07) is 4.56. The summed E-state index contributed by atoms with van der Waals surface area (Å²) in [6.07, 6.45) is 0. The van der Waals surface area contributed by atoms with E-state index >= 15 is 0 Å². The van der Waals surface area contributed by atoms with Crippen LogP contribution in [0.5, 0.6) is 0 Å². The van der Waals surface area contributed by atoms with Gasteiger partial charge in [0, 0.05) is 20.1 Å². The third-order valence-corrected chi connectivity index (χ3v) is 3.29. The van der Waals surface area contributed by atoms with Crippen LogP contribution in [0.2, 0.25) is 0 Å². The molecular formula is C14H17FN2O4. The van der Waals surface area contributed by atoms with Gasteiger partial charge in [-0.2, -0.15) is 0 Å². The van der Waals surface area contributed by atoms with Crippen LogP contribution < -0.4 is 0 Å². The molecule has 7 heteroatoms. The molecule has 1 N–H and O–H groups in total. The number of carbonyl (C=O) groups excluding carboxylic acids is 1. The molecule has 0 aromatic heterocycles. The predicted molar refractivity (Wildman–Crippen MR) is 72.2 cm³/mol. The number of hydrogen-bond acceptors (Lipinski definition) is 3. The van der Waals surface area contributed by atoms with Gasteiger partial charge in [0.25, 0.3) is 0 Å². The van der Waals surface area contributed by atoms with Crippen molar-refractivity contribution < 1.29 is 23.8 Å². The molecule has 6 nitrogen and oxygen atoms in total. The summed E-state index contributed by atoms with van der Waals surface area (Å²) in [5, 5.41) is 9.12. The maximum absolute atomic E-state index is 13.1. The molecule has 1 heterocycles. The number of carboxylic acids is 1. The van der Waals surface area contributed by atoms with Crippen molar-refractivity contribution in [3.8, 4) is 0 Å². The highest BCUT2D eigenvalue weighted by Crippen LogP contribution is 2.13. The molecule has 1 unspecified atom stereocenters. The number of halogens is 1. The van der Waals surface area contributed by atoms with E-state index in [4.69, 9.17) is 9.84 Å². The Labute approximate surface area is 121 Å². The smallest absolute Gasteiger partial charge is 0.328 e. The highest BCUT2D eigenvalue weighted by molar-refractivity contribution is 5.83. The van der Waals surface area contributed by atoms with Gasteiger partial charge >= 0.3 is 12.0 Å². The molecule has 1 fully saturated rings. The average Bonchev–Trinajstić information content (AvgIpc) is 2.46. The van der Waals surface area contributed by atoms with E-state index in [1.54, 1.807) is 19.2 Å². The minimum absolute atomic E-state index is 0.0190. The van der Waals surface area contributed by atoms with Gasteiger partial charge in [-0.3, -0.25) is 0 Å². The van der Waals surface area contributed by atoms with Gasteiger partial charge in [0.05, 0.1) is 13.2 Å². The molecule has 114 valence electrons. The molecule has 1 aliphatic rings. The fourth-order valence-electron chi connectivity index (χ4n) is 2.23. The zero-order valence-corrected chi connectivity index (χ0v) is 11.7. The second-order valence-corrected chi connectivity index (χ2v) is 4.89. The first-order valence-electron chi connectivity index (χ1n) is 6.56. The Morgan fingerprint density at radius 3 is 2.95 bits per heavy atom. The Balaban J connectivity index is 2.05. The van der Waals surface area contributed by atoms with E-state index in [1.165, 1.54) is 21.9 Å². The largest absolute Gasteiger partial charge is 0.480 e. The molecule has 2 rings (SSSR count). The molecule has 21 heavy (non-hydrogen) atoms. The number of aliphatic carboxylic acids is 1.